The average Bonchev–Trinajstić information content (AvgIpc) is 2.95. The number of benzene rings is 1. The van der Waals surface area contributed by atoms with Gasteiger partial charge in [-0.1, -0.05) is 18.2 Å². The van der Waals surface area contributed by atoms with Gasteiger partial charge in [0.25, 0.3) is 0 Å². The van der Waals surface area contributed by atoms with E-state index in [0.717, 1.165) is 29.4 Å². The van der Waals surface area contributed by atoms with Crippen molar-refractivity contribution in [2.24, 2.45) is 0 Å². The van der Waals surface area contributed by atoms with E-state index in [0.29, 0.717) is 18.0 Å². The largest absolute Gasteiger partial charge is 0.377 e. The second kappa shape index (κ2) is 7.68. The Balaban J connectivity index is 1.67. The molecule has 1 saturated heterocycles. The van der Waals surface area contributed by atoms with Crippen LogP contribution in [0.3, 0.4) is 0 Å². The molecule has 7 heteroatoms. The van der Waals surface area contributed by atoms with E-state index in [4.69, 9.17) is 0 Å². The van der Waals surface area contributed by atoms with Crippen LogP contribution >= 0.6 is 11.3 Å². The SMILES string of the molecule is Cc1cc(S(=O)(=O)N2CCN(Cc3ccccc3N(C)C)CC2)c(C)s1. The van der Waals surface area contributed by atoms with E-state index >= 15 is 0 Å². The lowest BCUT2D eigenvalue weighted by atomic mass is 10.1. The van der Waals surface area contributed by atoms with Gasteiger partial charge in [0.1, 0.15) is 0 Å². The Hall–Kier alpha value is -1.41. The molecule has 0 aliphatic carbocycles. The molecule has 26 heavy (non-hydrogen) atoms. The van der Waals surface area contributed by atoms with Gasteiger partial charge in [0, 0.05) is 62.3 Å². The topological polar surface area (TPSA) is 43.9 Å². The second-order valence-electron chi connectivity index (χ2n) is 6.98. The van der Waals surface area contributed by atoms with Crippen LogP contribution in [0.5, 0.6) is 0 Å². The van der Waals surface area contributed by atoms with Crippen molar-refractivity contribution >= 4 is 27.0 Å². The zero-order chi connectivity index (χ0) is 18.9. The van der Waals surface area contributed by atoms with E-state index in [1.807, 2.05) is 13.8 Å². The third-order valence-corrected chi connectivity index (χ3v) is 7.93. The van der Waals surface area contributed by atoms with Crippen molar-refractivity contribution in [2.75, 3.05) is 45.2 Å². The van der Waals surface area contributed by atoms with E-state index in [1.165, 1.54) is 11.3 Å². The summed E-state index contributed by atoms with van der Waals surface area (Å²) in [5.41, 5.74) is 2.49. The molecular weight excluding hydrogens is 366 g/mol. The van der Waals surface area contributed by atoms with Gasteiger partial charge in [-0.15, -0.1) is 11.3 Å². The Morgan fingerprint density at radius 3 is 2.31 bits per heavy atom. The molecule has 1 fully saturated rings. The molecule has 0 bridgehead atoms. The highest BCUT2D eigenvalue weighted by atomic mass is 32.2. The number of aryl methyl sites for hydroxylation is 2. The molecule has 0 N–H and O–H groups in total. The van der Waals surface area contributed by atoms with Crippen molar-refractivity contribution in [1.82, 2.24) is 9.21 Å². The highest BCUT2D eigenvalue weighted by Crippen LogP contribution is 2.28. The highest BCUT2D eigenvalue weighted by molar-refractivity contribution is 7.89. The standard InChI is InChI=1S/C19H27N3O2S2/c1-15-13-19(16(2)25-15)26(23,24)22-11-9-21(10-12-22)14-17-7-5-6-8-18(17)20(3)4/h5-8,13H,9-12,14H2,1-4H3. The number of anilines is 1. The molecule has 1 aliphatic heterocycles. The molecule has 0 radical (unpaired) electrons. The van der Waals surface area contributed by atoms with Crippen LogP contribution in [0.15, 0.2) is 35.2 Å². The van der Waals surface area contributed by atoms with E-state index in [1.54, 1.807) is 21.7 Å². The van der Waals surface area contributed by atoms with Gasteiger partial charge < -0.3 is 4.90 Å². The molecule has 2 aromatic rings. The Labute approximate surface area is 160 Å². The zero-order valence-electron chi connectivity index (χ0n) is 15.9. The van der Waals surface area contributed by atoms with Crippen molar-refractivity contribution < 1.29 is 8.42 Å². The summed E-state index contributed by atoms with van der Waals surface area (Å²) in [6.07, 6.45) is 0. The lowest BCUT2D eigenvalue weighted by Crippen LogP contribution is -2.48. The summed E-state index contributed by atoms with van der Waals surface area (Å²) < 4.78 is 27.5. The first kappa shape index (κ1) is 19.4. The van der Waals surface area contributed by atoms with Gasteiger partial charge in [0.05, 0.1) is 4.90 Å². The fourth-order valence-corrected chi connectivity index (χ4v) is 6.40. The summed E-state index contributed by atoms with van der Waals surface area (Å²) in [5.74, 6) is 0. The molecule has 2 heterocycles. The van der Waals surface area contributed by atoms with Crippen LogP contribution < -0.4 is 4.90 Å². The average molecular weight is 394 g/mol. The van der Waals surface area contributed by atoms with Crippen LogP contribution in [0.1, 0.15) is 15.3 Å². The first-order chi connectivity index (χ1) is 12.3. The molecule has 1 aliphatic rings. The van der Waals surface area contributed by atoms with Crippen molar-refractivity contribution in [3.05, 3.63) is 45.6 Å². The first-order valence-electron chi connectivity index (χ1n) is 8.84. The summed E-state index contributed by atoms with van der Waals surface area (Å²) in [6, 6.07) is 10.2. The van der Waals surface area contributed by atoms with E-state index in [9.17, 15) is 8.42 Å². The van der Waals surface area contributed by atoms with Crippen LogP contribution in [-0.4, -0.2) is 57.9 Å². The van der Waals surface area contributed by atoms with Gasteiger partial charge in [-0.2, -0.15) is 4.31 Å². The predicted octanol–water partition coefficient (Wildman–Crippen LogP) is 2.94. The highest BCUT2D eigenvalue weighted by Gasteiger charge is 2.30. The van der Waals surface area contributed by atoms with Crippen LogP contribution in [-0.2, 0) is 16.6 Å². The Morgan fingerprint density at radius 2 is 1.73 bits per heavy atom. The Morgan fingerprint density at radius 1 is 1.08 bits per heavy atom. The molecule has 0 spiro atoms. The second-order valence-corrected chi connectivity index (χ2v) is 10.3. The lowest BCUT2D eigenvalue weighted by Gasteiger charge is -2.34. The molecule has 0 unspecified atom stereocenters. The number of nitrogens with zero attached hydrogens (tertiary/aromatic N) is 3. The van der Waals surface area contributed by atoms with Gasteiger partial charge in [-0.05, 0) is 31.5 Å². The number of hydrogen-bond donors (Lipinski definition) is 0. The molecule has 0 atom stereocenters. The number of hydrogen-bond acceptors (Lipinski definition) is 5. The first-order valence-corrected chi connectivity index (χ1v) is 11.1. The van der Waals surface area contributed by atoms with Crippen LogP contribution in [0, 0.1) is 13.8 Å². The third-order valence-electron chi connectivity index (χ3n) is 4.81. The number of para-hydroxylation sites is 1. The molecule has 0 saturated carbocycles. The molecule has 1 aromatic carbocycles. The van der Waals surface area contributed by atoms with Crippen LogP contribution in [0.4, 0.5) is 5.69 Å². The van der Waals surface area contributed by atoms with Gasteiger partial charge in [-0.25, -0.2) is 8.42 Å². The Bertz CT molecular complexity index is 867. The van der Waals surface area contributed by atoms with Gasteiger partial charge >= 0.3 is 0 Å². The number of sulfonamides is 1. The zero-order valence-corrected chi connectivity index (χ0v) is 17.5. The Kier molecular flexibility index (Phi) is 5.72. The minimum absolute atomic E-state index is 0.478. The monoisotopic (exact) mass is 393 g/mol. The lowest BCUT2D eigenvalue weighted by molar-refractivity contribution is 0.181. The fourth-order valence-electron chi connectivity index (χ4n) is 3.45. The van der Waals surface area contributed by atoms with Gasteiger partial charge in [-0.3, -0.25) is 4.90 Å². The number of rotatable bonds is 5. The van der Waals surface area contributed by atoms with Crippen molar-refractivity contribution in [3.63, 3.8) is 0 Å². The molecule has 1 aromatic heterocycles. The number of piperazine rings is 1. The van der Waals surface area contributed by atoms with E-state index in [-0.39, 0.29) is 0 Å². The quantitative estimate of drug-likeness (QED) is 0.783. The molecule has 3 rings (SSSR count). The summed E-state index contributed by atoms with van der Waals surface area (Å²) in [6.45, 7) is 7.28. The normalized spacial score (nSPS) is 16.8. The van der Waals surface area contributed by atoms with Gasteiger partial charge in [0.15, 0.2) is 0 Å². The van der Waals surface area contributed by atoms with Crippen molar-refractivity contribution in [3.8, 4) is 0 Å². The fraction of sp³-hybridized carbons (Fsp3) is 0.474. The molecular formula is C19H27N3O2S2. The van der Waals surface area contributed by atoms with E-state index in [2.05, 4.69) is 48.2 Å². The summed E-state index contributed by atoms with van der Waals surface area (Å²) in [4.78, 5) is 6.86. The van der Waals surface area contributed by atoms with E-state index < -0.39 is 10.0 Å². The summed E-state index contributed by atoms with van der Waals surface area (Å²) in [5, 5.41) is 0. The summed E-state index contributed by atoms with van der Waals surface area (Å²) in [7, 11) is 0.719. The van der Waals surface area contributed by atoms with Crippen molar-refractivity contribution in [1.29, 1.82) is 0 Å². The summed E-state index contributed by atoms with van der Waals surface area (Å²) >= 11 is 1.55. The predicted molar refractivity (Wildman–Crippen MR) is 109 cm³/mol. The van der Waals surface area contributed by atoms with Crippen LogP contribution in [0.2, 0.25) is 0 Å². The van der Waals surface area contributed by atoms with Gasteiger partial charge in [0.2, 0.25) is 10.0 Å². The number of thiophene rings is 1. The minimum atomic E-state index is -3.38. The maximum atomic E-state index is 12.9. The minimum Gasteiger partial charge on any atom is -0.377 e. The molecule has 5 nitrogen and oxygen atoms in total. The maximum Gasteiger partial charge on any atom is 0.244 e. The van der Waals surface area contributed by atoms with Crippen LogP contribution in [0.25, 0.3) is 0 Å². The molecule has 142 valence electrons. The smallest absolute Gasteiger partial charge is 0.244 e. The third kappa shape index (κ3) is 3.96. The van der Waals surface area contributed by atoms with Crippen molar-refractivity contribution in [2.45, 2.75) is 25.3 Å². The maximum absolute atomic E-state index is 12.9. The molecule has 0 amide bonds.